The first-order valence-corrected chi connectivity index (χ1v) is 15.8. The monoisotopic (exact) mass is 632 g/mol. The molecule has 0 saturated heterocycles. The van der Waals surface area contributed by atoms with Gasteiger partial charge in [-0.15, -0.1) is 0 Å². The number of fused-ring (bicyclic) bond motifs is 2. The topological polar surface area (TPSA) is 108 Å². The molecule has 0 unspecified atom stereocenters. The van der Waals surface area contributed by atoms with E-state index in [0.29, 0.717) is 51.7 Å². The maximum Gasteiger partial charge on any atom is 0.337 e. The number of carbonyl (C=O) groups excluding carboxylic acids is 1. The van der Waals surface area contributed by atoms with Crippen molar-refractivity contribution in [1.29, 1.82) is 5.26 Å². The van der Waals surface area contributed by atoms with Crippen LogP contribution in [0.25, 0.3) is 17.0 Å². The fourth-order valence-corrected chi connectivity index (χ4v) is 6.78. The third-order valence-corrected chi connectivity index (χ3v) is 8.98. The Morgan fingerprint density at radius 1 is 1.04 bits per heavy atom. The van der Waals surface area contributed by atoms with Gasteiger partial charge in [-0.3, -0.25) is 9.36 Å². The molecule has 0 radical (unpaired) electrons. The van der Waals surface area contributed by atoms with Gasteiger partial charge in [-0.25, -0.2) is 9.79 Å². The molecule has 3 aromatic carbocycles. The third-order valence-electron chi connectivity index (χ3n) is 7.99. The highest BCUT2D eigenvalue weighted by Gasteiger charge is 2.31. The number of thiazole rings is 1. The van der Waals surface area contributed by atoms with Gasteiger partial charge in [0.15, 0.2) is 16.3 Å². The van der Waals surface area contributed by atoms with Gasteiger partial charge in [-0.05, 0) is 68.3 Å². The lowest BCUT2D eigenvalue weighted by Crippen LogP contribution is -2.39. The first-order chi connectivity index (χ1) is 22.4. The highest BCUT2D eigenvalue weighted by atomic mass is 32.1. The molecule has 1 aliphatic rings. The number of rotatable bonds is 9. The molecule has 6 rings (SSSR count). The second-order valence-electron chi connectivity index (χ2n) is 10.7. The zero-order valence-corrected chi connectivity index (χ0v) is 26.8. The van der Waals surface area contributed by atoms with Crippen molar-refractivity contribution in [2.24, 2.45) is 4.99 Å². The van der Waals surface area contributed by atoms with Gasteiger partial charge in [-0.2, -0.15) is 5.26 Å². The maximum absolute atomic E-state index is 14.3. The van der Waals surface area contributed by atoms with E-state index in [1.165, 1.54) is 24.6 Å². The maximum atomic E-state index is 14.3. The van der Waals surface area contributed by atoms with E-state index in [4.69, 9.17) is 14.2 Å². The Kier molecular flexibility index (Phi) is 8.59. The van der Waals surface area contributed by atoms with E-state index >= 15 is 0 Å². The summed E-state index contributed by atoms with van der Waals surface area (Å²) in [4.78, 5) is 32.2. The summed E-state index contributed by atoms with van der Waals surface area (Å²) in [7, 11) is 1.31. The van der Waals surface area contributed by atoms with Crippen molar-refractivity contribution in [2.45, 2.75) is 33.4 Å². The molecule has 1 aliphatic heterocycles. The molecule has 1 atom stereocenters. The van der Waals surface area contributed by atoms with E-state index < -0.39 is 12.0 Å². The SMILES string of the molecule is CCOc1ccc([C@@H]2C(C(=O)OC)=CN=c3s/c(=C/c4c(C)n(Cc5ccc(C#N)cc5)c5ccccc45)c(=O)n32)cc1OCC. The zero-order valence-electron chi connectivity index (χ0n) is 25.9. The molecule has 0 aliphatic carbocycles. The van der Waals surface area contributed by atoms with E-state index in [9.17, 15) is 14.9 Å². The molecule has 9 nitrogen and oxygen atoms in total. The predicted octanol–water partition coefficient (Wildman–Crippen LogP) is 5.00. The van der Waals surface area contributed by atoms with Crippen LogP contribution >= 0.6 is 11.3 Å². The molecule has 46 heavy (non-hydrogen) atoms. The molecule has 2 aromatic heterocycles. The number of hydrogen-bond acceptors (Lipinski definition) is 8. The first-order valence-electron chi connectivity index (χ1n) is 14.9. The van der Waals surface area contributed by atoms with Crippen LogP contribution < -0.4 is 24.4 Å². The summed E-state index contributed by atoms with van der Waals surface area (Å²) < 4.78 is 21.0. The van der Waals surface area contributed by atoms with Crippen LogP contribution in [0.2, 0.25) is 0 Å². The lowest BCUT2D eigenvalue weighted by Gasteiger charge is -2.23. The number of methoxy groups -OCH3 is 1. The highest BCUT2D eigenvalue weighted by Crippen LogP contribution is 2.35. The van der Waals surface area contributed by atoms with Crippen molar-refractivity contribution < 1.29 is 19.0 Å². The first kappa shape index (κ1) is 30.6. The van der Waals surface area contributed by atoms with Crippen molar-refractivity contribution >= 4 is 34.3 Å². The summed E-state index contributed by atoms with van der Waals surface area (Å²) >= 11 is 1.27. The van der Waals surface area contributed by atoms with Crippen LogP contribution in [0.3, 0.4) is 0 Å². The number of ether oxygens (including phenoxy) is 3. The van der Waals surface area contributed by atoms with Gasteiger partial charge in [0, 0.05) is 34.9 Å². The summed E-state index contributed by atoms with van der Waals surface area (Å²) in [6.07, 6.45) is 3.40. The van der Waals surface area contributed by atoms with Gasteiger partial charge >= 0.3 is 5.97 Å². The Morgan fingerprint density at radius 2 is 1.78 bits per heavy atom. The van der Waals surface area contributed by atoms with E-state index in [1.807, 2.05) is 75.4 Å². The summed E-state index contributed by atoms with van der Waals surface area (Å²) in [5.41, 5.74) is 5.27. The second kappa shape index (κ2) is 12.9. The zero-order chi connectivity index (χ0) is 32.4. The van der Waals surface area contributed by atoms with Crippen LogP contribution in [0.15, 0.2) is 88.3 Å². The van der Waals surface area contributed by atoms with Gasteiger partial charge in [0.2, 0.25) is 0 Å². The molecule has 0 spiro atoms. The Balaban J connectivity index is 1.50. The van der Waals surface area contributed by atoms with Gasteiger partial charge in [0.25, 0.3) is 5.56 Å². The number of hydrogen-bond donors (Lipinski definition) is 0. The summed E-state index contributed by atoms with van der Waals surface area (Å²) in [6.45, 7) is 7.31. The Hall–Kier alpha value is -5.40. The van der Waals surface area contributed by atoms with Gasteiger partial charge in [-0.1, -0.05) is 47.7 Å². The highest BCUT2D eigenvalue weighted by molar-refractivity contribution is 7.07. The van der Waals surface area contributed by atoms with Crippen molar-refractivity contribution in [3.8, 4) is 17.6 Å². The summed E-state index contributed by atoms with van der Waals surface area (Å²) in [5, 5.41) is 10.2. The van der Waals surface area contributed by atoms with Crippen molar-refractivity contribution in [2.75, 3.05) is 20.3 Å². The van der Waals surface area contributed by atoms with Gasteiger partial charge in [0.1, 0.15) is 0 Å². The number of para-hydroxylation sites is 1. The molecular formula is C36H32N4O5S. The third kappa shape index (κ3) is 5.50. The molecule has 0 saturated carbocycles. The molecule has 10 heteroatoms. The van der Waals surface area contributed by atoms with Crippen molar-refractivity contribution in [3.05, 3.63) is 126 Å². The summed E-state index contributed by atoms with van der Waals surface area (Å²) in [6, 6.07) is 22.5. The minimum absolute atomic E-state index is 0.239. The van der Waals surface area contributed by atoms with E-state index in [-0.39, 0.29) is 11.1 Å². The lowest BCUT2D eigenvalue weighted by molar-refractivity contribution is -0.136. The lowest BCUT2D eigenvalue weighted by atomic mass is 9.97. The molecule has 0 fully saturated rings. The number of nitriles is 1. The Bertz CT molecular complexity index is 2220. The van der Waals surface area contributed by atoms with Crippen LogP contribution in [-0.4, -0.2) is 35.4 Å². The summed E-state index contributed by atoms with van der Waals surface area (Å²) in [5.74, 6) is 0.532. The predicted molar refractivity (Wildman–Crippen MR) is 177 cm³/mol. The van der Waals surface area contributed by atoms with E-state index in [2.05, 4.69) is 21.7 Å². The molecule has 5 aromatic rings. The van der Waals surface area contributed by atoms with Crippen LogP contribution in [-0.2, 0) is 16.1 Å². The molecule has 3 heterocycles. The normalized spacial score (nSPS) is 14.3. The van der Waals surface area contributed by atoms with Crippen LogP contribution in [0.1, 0.15) is 47.8 Å². The average molecular weight is 633 g/mol. The fraction of sp³-hybridized carbons (Fsp3) is 0.222. The standard InChI is InChI=1S/C36H32N4O5S/c1-5-44-30-16-15-25(17-31(30)45-6-2)33-28(35(42)43-4)20-38-36-40(33)34(41)32(46-36)18-27-22(3)39(29-10-8-7-9-26(27)29)21-24-13-11-23(19-37)12-14-24/h7-18,20,33H,5-6,21H2,1-4H3/b32-18+/t33-/m1/s1. The second-order valence-corrected chi connectivity index (χ2v) is 11.7. The molecule has 232 valence electrons. The molecule has 0 N–H and O–H groups in total. The van der Waals surface area contributed by atoms with E-state index in [1.54, 1.807) is 16.7 Å². The Morgan fingerprint density at radius 3 is 2.50 bits per heavy atom. The van der Waals surface area contributed by atoms with Crippen LogP contribution in [0.4, 0.5) is 0 Å². The number of benzene rings is 3. The van der Waals surface area contributed by atoms with E-state index in [0.717, 1.165) is 27.7 Å². The van der Waals surface area contributed by atoms with Crippen molar-refractivity contribution in [3.63, 3.8) is 0 Å². The van der Waals surface area contributed by atoms with Crippen LogP contribution in [0, 0.1) is 18.3 Å². The number of carbonyl (C=O) groups is 1. The average Bonchev–Trinajstić information content (AvgIpc) is 3.54. The quantitative estimate of drug-likeness (QED) is 0.212. The molecule has 0 amide bonds. The fourth-order valence-electron chi connectivity index (χ4n) is 5.83. The van der Waals surface area contributed by atoms with Crippen molar-refractivity contribution in [1.82, 2.24) is 9.13 Å². The minimum atomic E-state index is -0.778. The minimum Gasteiger partial charge on any atom is -0.490 e. The van der Waals surface area contributed by atoms with Gasteiger partial charge in [0.05, 0.1) is 48.1 Å². The Labute approximate surface area is 269 Å². The smallest absolute Gasteiger partial charge is 0.337 e. The molecular weight excluding hydrogens is 600 g/mol. The number of aromatic nitrogens is 2. The molecule has 0 bridgehead atoms. The number of nitrogens with zero attached hydrogens (tertiary/aromatic N) is 4. The van der Waals surface area contributed by atoms with Gasteiger partial charge < -0.3 is 18.8 Å². The van der Waals surface area contributed by atoms with Crippen LogP contribution in [0.5, 0.6) is 11.5 Å². The number of esters is 1. The largest absolute Gasteiger partial charge is 0.490 e.